The molecule has 0 saturated heterocycles. The van der Waals surface area contributed by atoms with Gasteiger partial charge in [-0.3, -0.25) is 0 Å². The predicted octanol–water partition coefficient (Wildman–Crippen LogP) is 2.43. The number of hydrogen-bond acceptors (Lipinski definition) is 3. The van der Waals surface area contributed by atoms with Crippen molar-refractivity contribution in [2.45, 2.75) is 58.0 Å². The lowest BCUT2D eigenvalue weighted by Gasteiger charge is -2.41. The Balaban J connectivity index is 2.43. The Bertz CT molecular complexity index is 228. The van der Waals surface area contributed by atoms with Gasteiger partial charge in [0, 0.05) is 12.1 Å². The Kier molecular flexibility index (Phi) is 7.96. The lowest BCUT2D eigenvalue weighted by molar-refractivity contribution is 0.121. The van der Waals surface area contributed by atoms with Crippen molar-refractivity contribution in [3.8, 4) is 0 Å². The normalized spacial score (nSPS) is 28.3. The van der Waals surface area contributed by atoms with Crippen LogP contribution in [0.25, 0.3) is 0 Å². The highest BCUT2D eigenvalue weighted by atomic mass is 15.2. The molecule has 3 nitrogen and oxygen atoms in total. The van der Waals surface area contributed by atoms with Crippen molar-refractivity contribution in [3.05, 3.63) is 0 Å². The van der Waals surface area contributed by atoms with Crippen LogP contribution in [0.3, 0.4) is 0 Å². The van der Waals surface area contributed by atoms with Gasteiger partial charge in [0.05, 0.1) is 0 Å². The van der Waals surface area contributed by atoms with Crippen LogP contribution in [0.2, 0.25) is 0 Å². The maximum Gasteiger partial charge on any atom is 0.0248 e. The van der Waals surface area contributed by atoms with Crippen molar-refractivity contribution < 1.29 is 0 Å². The molecule has 0 bridgehead atoms. The maximum atomic E-state index is 3.77. The molecular weight excluding hydrogens is 234 g/mol. The lowest BCUT2D eigenvalue weighted by atomic mass is 9.82. The van der Waals surface area contributed by atoms with E-state index in [0.717, 1.165) is 12.0 Å². The van der Waals surface area contributed by atoms with Crippen LogP contribution in [0, 0.1) is 5.92 Å². The van der Waals surface area contributed by atoms with Crippen molar-refractivity contribution in [1.29, 1.82) is 0 Å². The van der Waals surface area contributed by atoms with Crippen molar-refractivity contribution >= 4 is 0 Å². The molecule has 0 amide bonds. The number of nitrogens with zero attached hydrogens (tertiary/aromatic N) is 2. The van der Waals surface area contributed by atoms with Gasteiger partial charge in [-0.2, -0.15) is 0 Å². The summed E-state index contributed by atoms with van der Waals surface area (Å²) >= 11 is 0. The van der Waals surface area contributed by atoms with Gasteiger partial charge in [0.25, 0.3) is 0 Å². The predicted molar refractivity (Wildman–Crippen MR) is 84.7 cm³/mol. The van der Waals surface area contributed by atoms with E-state index in [9.17, 15) is 0 Å². The molecule has 0 radical (unpaired) electrons. The quantitative estimate of drug-likeness (QED) is 0.730. The monoisotopic (exact) mass is 269 g/mol. The Morgan fingerprint density at radius 3 is 2.47 bits per heavy atom. The van der Waals surface area contributed by atoms with Gasteiger partial charge >= 0.3 is 0 Å². The first-order chi connectivity index (χ1) is 9.04. The molecule has 0 spiro atoms. The molecule has 19 heavy (non-hydrogen) atoms. The van der Waals surface area contributed by atoms with Gasteiger partial charge in [-0.15, -0.1) is 0 Å². The minimum absolute atomic E-state index is 0.709. The van der Waals surface area contributed by atoms with Gasteiger partial charge in [-0.05, 0) is 78.8 Å². The highest BCUT2D eigenvalue weighted by Gasteiger charge is 2.30. The number of nitrogens with one attached hydrogen (secondary N) is 1. The zero-order valence-electron chi connectivity index (χ0n) is 13.8. The zero-order chi connectivity index (χ0) is 14.3. The average Bonchev–Trinajstić information content (AvgIpc) is 2.36. The molecule has 1 saturated carbocycles. The summed E-state index contributed by atoms with van der Waals surface area (Å²) in [6, 6.07) is 1.44. The first-order valence-electron chi connectivity index (χ1n) is 8.13. The zero-order valence-corrected chi connectivity index (χ0v) is 13.8. The second kappa shape index (κ2) is 8.93. The number of rotatable bonds is 8. The summed E-state index contributed by atoms with van der Waals surface area (Å²) in [6.07, 6.45) is 6.62. The molecule has 3 unspecified atom stereocenters. The SMILES string of the molecule is CCCNC1CCC(C)CC1N(C)CCCN(C)C. The van der Waals surface area contributed by atoms with Gasteiger partial charge < -0.3 is 15.1 Å². The van der Waals surface area contributed by atoms with E-state index in [1.807, 2.05) is 0 Å². The third-order valence-corrected chi connectivity index (χ3v) is 4.42. The van der Waals surface area contributed by atoms with Gasteiger partial charge in [0.2, 0.25) is 0 Å². The molecule has 114 valence electrons. The number of hydrogen-bond donors (Lipinski definition) is 1. The van der Waals surface area contributed by atoms with Gasteiger partial charge in [0.15, 0.2) is 0 Å². The lowest BCUT2D eigenvalue weighted by Crippen LogP contribution is -2.52. The summed E-state index contributed by atoms with van der Waals surface area (Å²) in [5.74, 6) is 0.890. The smallest absolute Gasteiger partial charge is 0.0248 e. The van der Waals surface area contributed by atoms with E-state index >= 15 is 0 Å². The Hall–Kier alpha value is -0.120. The Labute approximate surface area is 120 Å². The van der Waals surface area contributed by atoms with Crippen LogP contribution in [0.4, 0.5) is 0 Å². The first kappa shape index (κ1) is 16.9. The molecule has 1 aliphatic carbocycles. The summed E-state index contributed by atoms with van der Waals surface area (Å²) in [5, 5.41) is 3.77. The fourth-order valence-electron chi connectivity index (χ4n) is 3.21. The van der Waals surface area contributed by atoms with E-state index in [1.165, 1.54) is 51.7 Å². The molecule has 0 aromatic carbocycles. The second-order valence-corrected chi connectivity index (χ2v) is 6.68. The molecule has 1 N–H and O–H groups in total. The molecule has 0 aliphatic heterocycles. The van der Waals surface area contributed by atoms with Crippen LogP contribution < -0.4 is 5.32 Å². The summed E-state index contributed by atoms with van der Waals surface area (Å²) in [4.78, 5) is 4.89. The maximum absolute atomic E-state index is 3.77. The first-order valence-corrected chi connectivity index (χ1v) is 8.13. The molecule has 1 rings (SSSR count). The van der Waals surface area contributed by atoms with Crippen LogP contribution in [-0.4, -0.2) is 62.7 Å². The summed E-state index contributed by atoms with van der Waals surface area (Å²) in [6.45, 7) is 8.26. The number of likely N-dealkylation sites (N-methyl/N-ethyl adjacent to an activating group) is 1. The largest absolute Gasteiger partial charge is 0.312 e. The summed E-state index contributed by atoms with van der Waals surface area (Å²) in [5.41, 5.74) is 0. The molecule has 3 atom stereocenters. The Morgan fingerprint density at radius 2 is 1.84 bits per heavy atom. The highest BCUT2D eigenvalue weighted by molar-refractivity contribution is 4.89. The van der Waals surface area contributed by atoms with E-state index < -0.39 is 0 Å². The molecule has 1 aliphatic rings. The third kappa shape index (κ3) is 6.24. The fourth-order valence-corrected chi connectivity index (χ4v) is 3.21. The average molecular weight is 269 g/mol. The summed E-state index contributed by atoms with van der Waals surface area (Å²) < 4.78 is 0. The molecule has 3 heteroatoms. The van der Waals surface area contributed by atoms with Crippen LogP contribution in [0.1, 0.15) is 46.0 Å². The van der Waals surface area contributed by atoms with Crippen molar-refractivity contribution in [1.82, 2.24) is 15.1 Å². The van der Waals surface area contributed by atoms with Crippen LogP contribution >= 0.6 is 0 Å². The molecule has 1 fully saturated rings. The van der Waals surface area contributed by atoms with Crippen LogP contribution in [0.15, 0.2) is 0 Å². The minimum Gasteiger partial charge on any atom is -0.312 e. The van der Waals surface area contributed by atoms with Crippen molar-refractivity contribution in [2.24, 2.45) is 5.92 Å². The molecule has 0 heterocycles. The summed E-state index contributed by atoms with van der Waals surface area (Å²) in [7, 11) is 6.64. The molecule has 0 aromatic heterocycles. The third-order valence-electron chi connectivity index (χ3n) is 4.42. The van der Waals surface area contributed by atoms with Crippen molar-refractivity contribution in [2.75, 3.05) is 40.8 Å². The van der Waals surface area contributed by atoms with E-state index in [-0.39, 0.29) is 0 Å². The van der Waals surface area contributed by atoms with Crippen molar-refractivity contribution in [3.63, 3.8) is 0 Å². The van der Waals surface area contributed by atoms with Crippen LogP contribution in [0.5, 0.6) is 0 Å². The second-order valence-electron chi connectivity index (χ2n) is 6.68. The minimum atomic E-state index is 0.709. The van der Waals surface area contributed by atoms with Gasteiger partial charge in [-0.1, -0.05) is 13.8 Å². The van der Waals surface area contributed by atoms with E-state index in [0.29, 0.717) is 6.04 Å². The van der Waals surface area contributed by atoms with E-state index in [2.05, 4.69) is 50.1 Å². The topological polar surface area (TPSA) is 18.5 Å². The Morgan fingerprint density at radius 1 is 1.11 bits per heavy atom. The fraction of sp³-hybridized carbons (Fsp3) is 1.00. The standard InChI is InChI=1S/C16H35N3/c1-6-10-17-15-9-8-14(2)13-16(15)19(5)12-7-11-18(3)4/h14-17H,6-13H2,1-5H3. The van der Waals surface area contributed by atoms with Gasteiger partial charge in [0.1, 0.15) is 0 Å². The highest BCUT2D eigenvalue weighted by Crippen LogP contribution is 2.27. The molecule has 0 aromatic rings. The van der Waals surface area contributed by atoms with Gasteiger partial charge in [-0.25, -0.2) is 0 Å². The van der Waals surface area contributed by atoms with E-state index in [4.69, 9.17) is 0 Å². The van der Waals surface area contributed by atoms with E-state index in [1.54, 1.807) is 0 Å². The molecular formula is C16H35N3. The van der Waals surface area contributed by atoms with Crippen LogP contribution in [-0.2, 0) is 0 Å².